The van der Waals surface area contributed by atoms with Crippen LogP contribution in [0.1, 0.15) is 32.6 Å². The van der Waals surface area contributed by atoms with Gasteiger partial charge in [-0.05, 0) is 19.3 Å². The second kappa shape index (κ2) is 5.05. The Bertz CT molecular complexity index is 189. The second-order valence-corrected chi connectivity index (χ2v) is 3.80. The molecule has 0 bridgehead atoms. The Balaban J connectivity index is 2.48. The lowest BCUT2D eigenvalue weighted by Gasteiger charge is -2.21. The van der Waals surface area contributed by atoms with Gasteiger partial charge >= 0.3 is 0 Å². The summed E-state index contributed by atoms with van der Waals surface area (Å²) in [7, 11) is 0. The molecule has 1 aliphatic rings. The van der Waals surface area contributed by atoms with Gasteiger partial charge in [0.15, 0.2) is 0 Å². The summed E-state index contributed by atoms with van der Waals surface area (Å²) in [5, 5.41) is 0. The Kier molecular flexibility index (Phi) is 4.00. The quantitative estimate of drug-likeness (QED) is 0.611. The van der Waals surface area contributed by atoms with Gasteiger partial charge in [0.1, 0.15) is 0 Å². The largest absolute Gasteiger partial charge is 0.342 e. The van der Waals surface area contributed by atoms with E-state index in [1.807, 2.05) is 17.9 Å². The van der Waals surface area contributed by atoms with E-state index in [2.05, 4.69) is 6.58 Å². The number of nitrogens with zero attached hydrogens (tertiary/aromatic N) is 1. The van der Waals surface area contributed by atoms with Crippen LogP contribution >= 0.6 is 0 Å². The van der Waals surface area contributed by atoms with E-state index in [1.54, 1.807) is 0 Å². The van der Waals surface area contributed by atoms with Crippen LogP contribution in [0.3, 0.4) is 0 Å². The van der Waals surface area contributed by atoms with Crippen molar-refractivity contribution < 1.29 is 4.79 Å². The van der Waals surface area contributed by atoms with Crippen LogP contribution in [0.5, 0.6) is 0 Å². The molecular formula is C11H19NO. The summed E-state index contributed by atoms with van der Waals surface area (Å²) < 4.78 is 0. The van der Waals surface area contributed by atoms with Crippen LogP contribution in [0.25, 0.3) is 0 Å². The molecule has 1 fully saturated rings. The van der Waals surface area contributed by atoms with Crippen LogP contribution in [0.4, 0.5) is 0 Å². The lowest BCUT2D eigenvalue weighted by Crippen LogP contribution is -2.34. The molecule has 0 N–H and O–H groups in total. The van der Waals surface area contributed by atoms with Crippen molar-refractivity contribution >= 4 is 5.91 Å². The van der Waals surface area contributed by atoms with Gasteiger partial charge < -0.3 is 4.90 Å². The van der Waals surface area contributed by atoms with E-state index in [0.717, 1.165) is 32.4 Å². The molecule has 1 saturated heterocycles. The van der Waals surface area contributed by atoms with Gasteiger partial charge in [0.05, 0.1) is 0 Å². The zero-order valence-corrected chi connectivity index (χ0v) is 8.46. The Labute approximate surface area is 80.6 Å². The Morgan fingerprint density at radius 1 is 1.62 bits per heavy atom. The number of carbonyl (C=O) groups excluding carboxylic acids is 1. The molecule has 0 aromatic heterocycles. The van der Waals surface area contributed by atoms with Gasteiger partial charge in [-0.25, -0.2) is 0 Å². The molecule has 1 amide bonds. The third-order valence-electron chi connectivity index (χ3n) is 2.65. The number of carbonyl (C=O) groups is 1. The van der Waals surface area contributed by atoms with E-state index >= 15 is 0 Å². The molecule has 0 radical (unpaired) electrons. The highest BCUT2D eigenvalue weighted by Crippen LogP contribution is 2.17. The number of hydrogen-bond acceptors (Lipinski definition) is 1. The molecule has 1 unspecified atom stereocenters. The highest BCUT2D eigenvalue weighted by atomic mass is 16.2. The van der Waals surface area contributed by atoms with Crippen molar-refractivity contribution in [3.63, 3.8) is 0 Å². The molecule has 1 heterocycles. The van der Waals surface area contributed by atoms with Crippen LogP contribution in [0, 0.1) is 5.92 Å². The molecule has 0 saturated carbocycles. The normalized spacial score (nSPS) is 24.2. The molecule has 1 rings (SSSR count). The Morgan fingerprint density at radius 2 is 2.38 bits per heavy atom. The fourth-order valence-electron chi connectivity index (χ4n) is 1.77. The molecular weight excluding hydrogens is 162 g/mol. The summed E-state index contributed by atoms with van der Waals surface area (Å²) in [4.78, 5) is 13.7. The first-order valence-corrected chi connectivity index (χ1v) is 5.15. The molecule has 0 aromatic rings. The number of amides is 1. The minimum absolute atomic E-state index is 0.229. The van der Waals surface area contributed by atoms with Crippen molar-refractivity contribution in [3.05, 3.63) is 12.7 Å². The Morgan fingerprint density at radius 3 is 3.08 bits per heavy atom. The highest BCUT2D eigenvalue weighted by molar-refractivity contribution is 5.78. The van der Waals surface area contributed by atoms with Gasteiger partial charge in [0.25, 0.3) is 0 Å². The van der Waals surface area contributed by atoms with Crippen molar-refractivity contribution in [1.29, 1.82) is 0 Å². The molecule has 2 nitrogen and oxygen atoms in total. The van der Waals surface area contributed by atoms with Gasteiger partial charge in [-0.3, -0.25) is 4.79 Å². The average molecular weight is 181 g/mol. The molecule has 0 aromatic carbocycles. The van der Waals surface area contributed by atoms with Crippen LogP contribution in [-0.2, 0) is 4.79 Å². The second-order valence-electron chi connectivity index (χ2n) is 3.80. The van der Waals surface area contributed by atoms with E-state index < -0.39 is 0 Å². The molecule has 0 aliphatic carbocycles. The van der Waals surface area contributed by atoms with Crippen LogP contribution in [0.2, 0.25) is 0 Å². The van der Waals surface area contributed by atoms with Crippen molar-refractivity contribution in [2.24, 2.45) is 5.92 Å². The zero-order chi connectivity index (χ0) is 9.68. The molecule has 2 heteroatoms. The van der Waals surface area contributed by atoms with E-state index in [4.69, 9.17) is 0 Å². The lowest BCUT2D eigenvalue weighted by molar-refractivity contribution is -0.134. The predicted molar refractivity (Wildman–Crippen MR) is 54.4 cm³/mol. The first-order chi connectivity index (χ1) is 6.25. The first kappa shape index (κ1) is 10.3. The van der Waals surface area contributed by atoms with Gasteiger partial charge in [0.2, 0.25) is 5.91 Å². The van der Waals surface area contributed by atoms with E-state index in [0.29, 0.717) is 5.91 Å². The molecule has 1 atom stereocenters. The molecule has 1 aliphatic heterocycles. The molecule has 0 spiro atoms. The first-order valence-electron chi connectivity index (χ1n) is 5.15. The minimum Gasteiger partial charge on any atom is -0.342 e. The SMILES string of the molecule is C=CCCN1CCCCC(C)C1=O. The van der Waals surface area contributed by atoms with Gasteiger partial charge in [-0.15, -0.1) is 6.58 Å². The monoisotopic (exact) mass is 181 g/mol. The summed E-state index contributed by atoms with van der Waals surface area (Å²) in [6.07, 6.45) is 6.20. The summed E-state index contributed by atoms with van der Waals surface area (Å²) in [6.45, 7) is 7.51. The average Bonchev–Trinajstić information content (AvgIpc) is 2.28. The van der Waals surface area contributed by atoms with E-state index in [1.165, 1.54) is 6.42 Å². The topological polar surface area (TPSA) is 20.3 Å². The maximum Gasteiger partial charge on any atom is 0.225 e. The van der Waals surface area contributed by atoms with Gasteiger partial charge in [-0.2, -0.15) is 0 Å². The summed E-state index contributed by atoms with van der Waals surface area (Å²) in [6, 6.07) is 0. The number of hydrogen-bond donors (Lipinski definition) is 0. The fraction of sp³-hybridized carbons (Fsp3) is 0.727. The van der Waals surface area contributed by atoms with Gasteiger partial charge in [-0.1, -0.05) is 19.4 Å². The van der Waals surface area contributed by atoms with Crippen molar-refractivity contribution in [2.75, 3.05) is 13.1 Å². The number of rotatable bonds is 3. The standard InChI is InChI=1S/C11H19NO/c1-3-4-8-12-9-6-5-7-10(2)11(12)13/h3,10H,1,4-9H2,2H3. The molecule has 74 valence electrons. The van der Waals surface area contributed by atoms with Crippen LogP contribution in [0.15, 0.2) is 12.7 Å². The number of likely N-dealkylation sites (tertiary alicyclic amines) is 1. The summed E-state index contributed by atoms with van der Waals surface area (Å²) in [5.74, 6) is 0.562. The van der Waals surface area contributed by atoms with Crippen molar-refractivity contribution in [1.82, 2.24) is 4.90 Å². The Hall–Kier alpha value is -0.790. The van der Waals surface area contributed by atoms with Crippen LogP contribution < -0.4 is 0 Å². The van der Waals surface area contributed by atoms with Gasteiger partial charge in [0, 0.05) is 19.0 Å². The summed E-state index contributed by atoms with van der Waals surface area (Å²) in [5.41, 5.74) is 0. The third kappa shape index (κ3) is 2.87. The summed E-state index contributed by atoms with van der Waals surface area (Å²) >= 11 is 0. The smallest absolute Gasteiger partial charge is 0.225 e. The zero-order valence-electron chi connectivity index (χ0n) is 8.46. The predicted octanol–water partition coefficient (Wildman–Crippen LogP) is 2.21. The van der Waals surface area contributed by atoms with E-state index in [-0.39, 0.29) is 5.92 Å². The fourth-order valence-corrected chi connectivity index (χ4v) is 1.77. The maximum atomic E-state index is 11.7. The van der Waals surface area contributed by atoms with Crippen molar-refractivity contribution in [2.45, 2.75) is 32.6 Å². The van der Waals surface area contributed by atoms with E-state index in [9.17, 15) is 4.79 Å². The van der Waals surface area contributed by atoms with Crippen LogP contribution in [-0.4, -0.2) is 23.9 Å². The van der Waals surface area contributed by atoms with Crippen molar-refractivity contribution in [3.8, 4) is 0 Å². The minimum atomic E-state index is 0.229. The third-order valence-corrected chi connectivity index (χ3v) is 2.65. The lowest BCUT2D eigenvalue weighted by atomic mass is 10.1. The highest BCUT2D eigenvalue weighted by Gasteiger charge is 2.22. The maximum absolute atomic E-state index is 11.7. The molecule has 13 heavy (non-hydrogen) atoms.